The molecule has 86 valence electrons. The first-order valence-electron chi connectivity index (χ1n) is 5.51. The van der Waals surface area contributed by atoms with Crippen molar-refractivity contribution in [2.45, 2.75) is 44.6 Å². The first kappa shape index (κ1) is 12.3. The molecule has 0 saturated heterocycles. The molecule has 2 N–H and O–H groups in total. The Kier molecular flexibility index (Phi) is 4.91. The van der Waals surface area contributed by atoms with Gasteiger partial charge in [0.05, 0.1) is 6.61 Å². The lowest BCUT2D eigenvalue weighted by Gasteiger charge is -2.20. The molecule has 0 radical (unpaired) electrons. The second-order valence-electron chi connectivity index (χ2n) is 4.19. The van der Waals surface area contributed by atoms with Crippen LogP contribution in [0, 0.1) is 5.92 Å². The van der Waals surface area contributed by atoms with Crippen LogP contribution in [0.4, 0.5) is 0 Å². The predicted molar refractivity (Wildman–Crippen MR) is 54.3 cm³/mol. The van der Waals surface area contributed by atoms with Crippen LogP contribution in [-0.2, 0) is 9.59 Å². The number of Topliss-reactive ketones (excluding diaryl/α,β-unsaturated/α-hetero) is 2. The van der Waals surface area contributed by atoms with Gasteiger partial charge in [0.2, 0.25) is 11.6 Å². The van der Waals surface area contributed by atoms with E-state index in [-0.39, 0.29) is 6.42 Å². The summed E-state index contributed by atoms with van der Waals surface area (Å²) >= 11 is 0. The third-order valence-corrected chi connectivity index (χ3v) is 2.95. The fourth-order valence-electron chi connectivity index (χ4n) is 2.02. The summed E-state index contributed by atoms with van der Waals surface area (Å²) in [6.07, 6.45) is 4.14. The molecule has 1 rings (SSSR count). The summed E-state index contributed by atoms with van der Waals surface area (Å²) in [5.74, 6) is -1.09. The van der Waals surface area contributed by atoms with Crippen LogP contribution in [0.5, 0.6) is 0 Å². The van der Waals surface area contributed by atoms with E-state index in [9.17, 15) is 9.59 Å². The third-order valence-electron chi connectivity index (χ3n) is 2.95. The summed E-state index contributed by atoms with van der Waals surface area (Å²) in [7, 11) is 0. The molecule has 4 nitrogen and oxygen atoms in total. The maximum Gasteiger partial charge on any atom is 0.229 e. The second-order valence-corrected chi connectivity index (χ2v) is 4.19. The van der Waals surface area contributed by atoms with Gasteiger partial charge in [0.15, 0.2) is 0 Å². The van der Waals surface area contributed by atoms with Gasteiger partial charge in [-0.3, -0.25) is 9.59 Å². The lowest BCUT2D eigenvalue weighted by molar-refractivity contribution is -0.143. The Balaban J connectivity index is 2.36. The van der Waals surface area contributed by atoms with E-state index in [1.807, 2.05) is 0 Å². The molecule has 1 atom stereocenters. The monoisotopic (exact) mass is 214 g/mol. The number of aliphatic hydroxyl groups is 2. The molecule has 0 amide bonds. The normalized spacial score (nSPS) is 19.9. The fourth-order valence-corrected chi connectivity index (χ4v) is 2.02. The highest BCUT2D eigenvalue weighted by molar-refractivity contribution is 6.38. The van der Waals surface area contributed by atoms with E-state index in [1.165, 1.54) is 6.42 Å². The molecule has 1 aliphatic rings. The standard InChI is InChI=1S/C11H18O4/c12-7-10(14)11(15)9(13)6-8-4-2-1-3-5-8/h8,10,12,14H,1-7H2. The van der Waals surface area contributed by atoms with Crippen LogP contribution in [0.15, 0.2) is 0 Å². The molecule has 0 bridgehead atoms. The molecule has 0 spiro atoms. The molecule has 0 aliphatic heterocycles. The number of ketones is 2. The maximum atomic E-state index is 11.4. The van der Waals surface area contributed by atoms with Gasteiger partial charge < -0.3 is 10.2 Å². The molecule has 15 heavy (non-hydrogen) atoms. The van der Waals surface area contributed by atoms with Crippen LogP contribution < -0.4 is 0 Å². The minimum atomic E-state index is -1.53. The average Bonchev–Trinajstić information content (AvgIpc) is 2.28. The zero-order valence-electron chi connectivity index (χ0n) is 8.82. The SMILES string of the molecule is O=C(CC1CCCCC1)C(=O)C(O)CO. The fraction of sp³-hybridized carbons (Fsp3) is 0.818. The summed E-state index contributed by atoms with van der Waals surface area (Å²) in [6, 6.07) is 0. The Morgan fingerprint density at radius 2 is 1.80 bits per heavy atom. The molecular formula is C11H18O4. The minimum Gasteiger partial charge on any atom is -0.393 e. The van der Waals surface area contributed by atoms with Gasteiger partial charge in [0, 0.05) is 6.42 Å². The summed E-state index contributed by atoms with van der Waals surface area (Å²) in [6.45, 7) is -0.671. The average molecular weight is 214 g/mol. The number of hydrogen-bond acceptors (Lipinski definition) is 4. The number of carbonyl (C=O) groups is 2. The van der Waals surface area contributed by atoms with Crippen molar-refractivity contribution >= 4 is 11.6 Å². The Morgan fingerprint density at radius 1 is 1.20 bits per heavy atom. The van der Waals surface area contributed by atoms with Crippen molar-refractivity contribution in [3.63, 3.8) is 0 Å². The van der Waals surface area contributed by atoms with E-state index >= 15 is 0 Å². The van der Waals surface area contributed by atoms with Crippen LogP contribution in [-0.4, -0.2) is 34.5 Å². The van der Waals surface area contributed by atoms with Gasteiger partial charge in [-0.2, -0.15) is 0 Å². The van der Waals surface area contributed by atoms with Gasteiger partial charge in [0.25, 0.3) is 0 Å². The Hall–Kier alpha value is -0.740. The predicted octanol–water partition coefficient (Wildman–Crippen LogP) is 0.448. The smallest absolute Gasteiger partial charge is 0.229 e. The zero-order chi connectivity index (χ0) is 11.3. The van der Waals surface area contributed by atoms with Gasteiger partial charge in [-0.15, -0.1) is 0 Å². The van der Waals surface area contributed by atoms with Crippen molar-refractivity contribution < 1.29 is 19.8 Å². The maximum absolute atomic E-state index is 11.4. The second kappa shape index (κ2) is 5.98. The Labute approximate surface area is 89.3 Å². The van der Waals surface area contributed by atoms with Gasteiger partial charge in [-0.25, -0.2) is 0 Å². The van der Waals surface area contributed by atoms with Crippen molar-refractivity contribution in [2.75, 3.05) is 6.61 Å². The lowest BCUT2D eigenvalue weighted by Crippen LogP contribution is -2.32. The van der Waals surface area contributed by atoms with Crippen molar-refractivity contribution in [3.05, 3.63) is 0 Å². The van der Waals surface area contributed by atoms with E-state index in [4.69, 9.17) is 10.2 Å². The largest absolute Gasteiger partial charge is 0.393 e. The number of hydrogen-bond donors (Lipinski definition) is 2. The van der Waals surface area contributed by atoms with Crippen molar-refractivity contribution in [1.82, 2.24) is 0 Å². The summed E-state index contributed by atoms with van der Waals surface area (Å²) < 4.78 is 0. The van der Waals surface area contributed by atoms with Gasteiger partial charge >= 0.3 is 0 Å². The zero-order valence-corrected chi connectivity index (χ0v) is 8.82. The van der Waals surface area contributed by atoms with Crippen molar-refractivity contribution in [3.8, 4) is 0 Å². The van der Waals surface area contributed by atoms with Crippen molar-refractivity contribution in [1.29, 1.82) is 0 Å². The molecule has 0 aromatic carbocycles. The van der Waals surface area contributed by atoms with Crippen molar-refractivity contribution in [2.24, 2.45) is 5.92 Å². The van der Waals surface area contributed by atoms with E-state index in [2.05, 4.69) is 0 Å². The van der Waals surface area contributed by atoms with Crippen LogP contribution in [0.1, 0.15) is 38.5 Å². The quantitative estimate of drug-likeness (QED) is 0.651. The highest BCUT2D eigenvalue weighted by atomic mass is 16.3. The topological polar surface area (TPSA) is 74.6 Å². The van der Waals surface area contributed by atoms with E-state index in [0.29, 0.717) is 5.92 Å². The molecule has 0 aromatic rings. The van der Waals surface area contributed by atoms with Gasteiger partial charge in [-0.1, -0.05) is 32.1 Å². The highest BCUT2D eigenvalue weighted by Gasteiger charge is 2.25. The Morgan fingerprint density at radius 3 is 2.33 bits per heavy atom. The first-order chi connectivity index (χ1) is 7.15. The summed E-state index contributed by atoms with van der Waals surface area (Å²) in [5, 5.41) is 17.5. The molecular weight excluding hydrogens is 196 g/mol. The highest BCUT2D eigenvalue weighted by Crippen LogP contribution is 2.26. The first-order valence-corrected chi connectivity index (χ1v) is 5.51. The number of rotatable bonds is 5. The third kappa shape index (κ3) is 3.72. The van der Waals surface area contributed by atoms with Gasteiger partial charge in [0.1, 0.15) is 6.10 Å². The molecule has 1 fully saturated rings. The minimum absolute atomic E-state index is 0.232. The van der Waals surface area contributed by atoms with E-state index in [1.54, 1.807) is 0 Å². The van der Waals surface area contributed by atoms with Gasteiger partial charge in [-0.05, 0) is 5.92 Å². The molecule has 1 saturated carbocycles. The Bertz CT molecular complexity index is 231. The van der Waals surface area contributed by atoms with Crippen LogP contribution in [0.2, 0.25) is 0 Å². The number of aliphatic hydroxyl groups excluding tert-OH is 2. The molecule has 0 aromatic heterocycles. The van der Waals surface area contributed by atoms with Crippen LogP contribution in [0.25, 0.3) is 0 Å². The van der Waals surface area contributed by atoms with Crippen LogP contribution >= 0.6 is 0 Å². The lowest BCUT2D eigenvalue weighted by atomic mass is 9.85. The molecule has 4 heteroatoms. The summed E-state index contributed by atoms with van der Waals surface area (Å²) in [5.41, 5.74) is 0. The summed E-state index contributed by atoms with van der Waals surface area (Å²) in [4.78, 5) is 22.6. The molecule has 1 aliphatic carbocycles. The molecule has 1 unspecified atom stereocenters. The molecule has 0 heterocycles. The number of carbonyl (C=O) groups excluding carboxylic acids is 2. The van der Waals surface area contributed by atoms with Crippen LogP contribution in [0.3, 0.4) is 0 Å². The van der Waals surface area contributed by atoms with E-state index < -0.39 is 24.3 Å². The van der Waals surface area contributed by atoms with E-state index in [0.717, 1.165) is 25.7 Å².